The zero-order valence-electron chi connectivity index (χ0n) is 13.4. The van der Waals surface area contributed by atoms with Crippen molar-refractivity contribution in [3.63, 3.8) is 0 Å². The van der Waals surface area contributed by atoms with Crippen molar-refractivity contribution in [3.05, 3.63) is 0 Å². The minimum Gasteiger partial charge on any atom is -0.394 e. The first kappa shape index (κ1) is 18.8. The predicted octanol–water partition coefficient (Wildman–Crippen LogP) is -0.306. The molecule has 3 unspecified atom stereocenters. The number of aliphatic hydroxyl groups excluding tert-OH is 4. The summed E-state index contributed by atoms with van der Waals surface area (Å²) in [5.41, 5.74) is 0. The molecule has 0 amide bonds. The first-order valence-electron chi connectivity index (χ1n) is 7.87. The SMILES string of the molecule is CC[C@@H](C)[C@@H](C)[C@@H](C)CN[C@H]1OC(CO)[C@H](O)C(O)C1O. The van der Waals surface area contributed by atoms with Gasteiger partial charge in [-0.05, 0) is 17.8 Å². The summed E-state index contributed by atoms with van der Waals surface area (Å²) in [6.45, 7) is 8.95. The van der Waals surface area contributed by atoms with Gasteiger partial charge in [0.2, 0.25) is 0 Å². The van der Waals surface area contributed by atoms with E-state index in [4.69, 9.17) is 9.84 Å². The van der Waals surface area contributed by atoms with Gasteiger partial charge >= 0.3 is 0 Å². The summed E-state index contributed by atoms with van der Waals surface area (Å²) in [5, 5.41) is 41.6. The fourth-order valence-electron chi connectivity index (χ4n) is 2.69. The molecule has 21 heavy (non-hydrogen) atoms. The van der Waals surface area contributed by atoms with Gasteiger partial charge in [0.15, 0.2) is 0 Å². The molecule has 6 heteroatoms. The molecule has 0 aromatic rings. The average Bonchev–Trinajstić information content (AvgIpc) is 2.50. The van der Waals surface area contributed by atoms with Crippen molar-refractivity contribution in [2.75, 3.05) is 13.2 Å². The van der Waals surface area contributed by atoms with Crippen LogP contribution in [0.3, 0.4) is 0 Å². The number of aliphatic hydroxyl groups is 4. The Bertz CT molecular complexity index is 302. The molecule has 0 saturated carbocycles. The van der Waals surface area contributed by atoms with Crippen molar-refractivity contribution < 1.29 is 25.2 Å². The zero-order chi connectivity index (χ0) is 16.2. The normalized spacial score (nSPS) is 38.0. The third-order valence-electron chi connectivity index (χ3n) is 4.97. The van der Waals surface area contributed by atoms with Gasteiger partial charge < -0.3 is 25.2 Å². The third-order valence-corrected chi connectivity index (χ3v) is 4.97. The van der Waals surface area contributed by atoms with Crippen molar-refractivity contribution in [1.82, 2.24) is 5.32 Å². The van der Waals surface area contributed by atoms with Gasteiger partial charge in [-0.2, -0.15) is 0 Å². The van der Waals surface area contributed by atoms with Gasteiger partial charge in [0.1, 0.15) is 30.6 Å². The lowest BCUT2D eigenvalue weighted by Gasteiger charge is -2.41. The molecule has 0 spiro atoms. The average molecular weight is 305 g/mol. The molecule has 0 aliphatic carbocycles. The Morgan fingerprint density at radius 3 is 2.14 bits per heavy atom. The zero-order valence-corrected chi connectivity index (χ0v) is 13.4. The number of hydrogen-bond acceptors (Lipinski definition) is 6. The van der Waals surface area contributed by atoms with E-state index in [1.165, 1.54) is 0 Å². The minimum atomic E-state index is -1.32. The highest BCUT2D eigenvalue weighted by atomic mass is 16.6. The van der Waals surface area contributed by atoms with Crippen LogP contribution < -0.4 is 5.32 Å². The standard InChI is InChI=1S/C15H31NO5/c1-5-8(2)10(4)9(3)6-16-15-14(20)13(19)12(18)11(7-17)21-15/h8-20H,5-7H2,1-4H3/t8-,9+,10-,11?,12+,13?,14?,15+/m1/s1. The molecule has 0 aromatic heterocycles. The molecule has 1 fully saturated rings. The summed E-state index contributed by atoms with van der Waals surface area (Å²) >= 11 is 0. The molecule has 1 aliphatic heterocycles. The van der Waals surface area contributed by atoms with Gasteiger partial charge in [0.05, 0.1) is 6.61 Å². The van der Waals surface area contributed by atoms with Crippen LogP contribution in [0.5, 0.6) is 0 Å². The molecule has 1 aliphatic rings. The Morgan fingerprint density at radius 2 is 1.62 bits per heavy atom. The van der Waals surface area contributed by atoms with Crippen molar-refractivity contribution in [2.45, 2.75) is 64.8 Å². The van der Waals surface area contributed by atoms with Crippen LogP contribution in [0, 0.1) is 17.8 Å². The summed E-state index contributed by atoms with van der Waals surface area (Å²) < 4.78 is 5.43. The van der Waals surface area contributed by atoms with Crippen LogP contribution in [-0.4, -0.2) is 64.2 Å². The number of nitrogens with one attached hydrogen (secondary N) is 1. The summed E-state index contributed by atoms with van der Waals surface area (Å²) in [4.78, 5) is 0. The van der Waals surface area contributed by atoms with E-state index in [2.05, 4.69) is 33.0 Å². The summed E-state index contributed by atoms with van der Waals surface area (Å²) in [6, 6.07) is 0. The molecule has 5 N–H and O–H groups in total. The maximum absolute atomic E-state index is 9.95. The van der Waals surface area contributed by atoms with E-state index in [0.717, 1.165) is 6.42 Å². The Hall–Kier alpha value is -0.240. The van der Waals surface area contributed by atoms with Crippen LogP contribution in [0.1, 0.15) is 34.1 Å². The predicted molar refractivity (Wildman–Crippen MR) is 79.6 cm³/mol. The first-order valence-corrected chi connectivity index (χ1v) is 7.87. The second-order valence-electron chi connectivity index (χ2n) is 6.38. The molecule has 0 aromatic carbocycles. The van der Waals surface area contributed by atoms with Crippen LogP contribution in [-0.2, 0) is 4.74 Å². The highest BCUT2D eigenvalue weighted by Gasteiger charge is 2.43. The monoisotopic (exact) mass is 305 g/mol. The second-order valence-corrected chi connectivity index (χ2v) is 6.38. The van der Waals surface area contributed by atoms with Gasteiger partial charge in [0.25, 0.3) is 0 Å². The van der Waals surface area contributed by atoms with Crippen LogP contribution >= 0.6 is 0 Å². The lowest BCUT2D eigenvalue weighted by Crippen LogP contribution is -2.62. The van der Waals surface area contributed by atoms with E-state index < -0.39 is 37.3 Å². The highest BCUT2D eigenvalue weighted by molar-refractivity contribution is 4.91. The molecule has 0 radical (unpaired) electrons. The molecular formula is C15H31NO5. The van der Waals surface area contributed by atoms with Crippen molar-refractivity contribution in [3.8, 4) is 0 Å². The molecule has 8 atom stereocenters. The fraction of sp³-hybridized carbons (Fsp3) is 1.00. The summed E-state index contributed by atoms with van der Waals surface area (Å²) in [6.07, 6.45) is -4.37. The molecule has 1 rings (SSSR count). The molecule has 1 saturated heterocycles. The van der Waals surface area contributed by atoms with Gasteiger partial charge in [0, 0.05) is 6.54 Å². The molecule has 0 bridgehead atoms. The Labute approximate surface area is 127 Å². The van der Waals surface area contributed by atoms with Gasteiger partial charge in [-0.3, -0.25) is 5.32 Å². The lowest BCUT2D eigenvalue weighted by atomic mass is 9.83. The van der Waals surface area contributed by atoms with Gasteiger partial charge in [-0.15, -0.1) is 0 Å². The van der Waals surface area contributed by atoms with Crippen molar-refractivity contribution >= 4 is 0 Å². The number of hydrogen-bond donors (Lipinski definition) is 5. The largest absolute Gasteiger partial charge is 0.394 e. The van der Waals surface area contributed by atoms with E-state index in [1.807, 2.05) is 0 Å². The summed E-state index contributed by atoms with van der Waals surface area (Å²) in [5.74, 6) is 1.51. The van der Waals surface area contributed by atoms with Crippen LogP contribution in [0.15, 0.2) is 0 Å². The minimum absolute atomic E-state index is 0.382. The third kappa shape index (κ3) is 4.61. The molecule has 1 heterocycles. The van der Waals surface area contributed by atoms with Crippen LogP contribution in [0.25, 0.3) is 0 Å². The lowest BCUT2D eigenvalue weighted by molar-refractivity contribution is -0.237. The summed E-state index contributed by atoms with van der Waals surface area (Å²) in [7, 11) is 0. The quantitative estimate of drug-likeness (QED) is 0.442. The topological polar surface area (TPSA) is 102 Å². The second kappa shape index (κ2) is 8.41. The van der Waals surface area contributed by atoms with Crippen LogP contribution in [0.4, 0.5) is 0 Å². The van der Waals surface area contributed by atoms with E-state index in [0.29, 0.717) is 24.3 Å². The Balaban J connectivity index is 2.53. The first-order chi connectivity index (χ1) is 9.83. The van der Waals surface area contributed by atoms with E-state index in [-0.39, 0.29) is 0 Å². The Kier molecular flexibility index (Phi) is 7.53. The Morgan fingerprint density at radius 1 is 1.00 bits per heavy atom. The van der Waals surface area contributed by atoms with E-state index in [1.54, 1.807) is 0 Å². The smallest absolute Gasteiger partial charge is 0.137 e. The van der Waals surface area contributed by atoms with Gasteiger partial charge in [-0.25, -0.2) is 0 Å². The highest BCUT2D eigenvalue weighted by Crippen LogP contribution is 2.24. The van der Waals surface area contributed by atoms with E-state index >= 15 is 0 Å². The molecule has 6 nitrogen and oxygen atoms in total. The van der Waals surface area contributed by atoms with E-state index in [9.17, 15) is 15.3 Å². The van der Waals surface area contributed by atoms with Crippen molar-refractivity contribution in [1.29, 1.82) is 0 Å². The van der Waals surface area contributed by atoms with Crippen molar-refractivity contribution in [2.24, 2.45) is 17.8 Å². The number of rotatable bonds is 7. The fourth-order valence-corrected chi connectivity index (χ4v) is 2.69. The maximum atomic E-state index is 9.95. The van der Waals surface area contributed by atoms with Gasteiger partial charge in [-0.1, -0.05) is 34.1 Å². The maximum Gasteiger partial charge on any atom is 0.137 e. The number of ether oxygens (including phenoxy) is 1. The van der Waals surface area contributed by atoms with Crippen LogP contribution in [0.2, 0.25) is 0 Å². The molecular weight excluding hydrogens is 274 g/mol. The molecule has 126 valence electrons.